The Labute approximate surface area is 169 Å². The van der Waals surface area contributed by atoms with Gasteiger partial charge in [0.25, 0.3) is 11.8 Å². The van der Waals surface area contributed by atoms with Crippen molar-refractivity contribution < 1.29 is 14.1 Å². The van der Waals surface area contributed by atoms with E-state index in [4.69, 9.17) is 4.52 Å². The number of rotatable bonds is 7. The maximum atomic E-state index is 12.7. The summed E-state index contributed by atoms with van der Waals surface area (Å²) in [4.78, 5) is 27.6. The molecule has 2 unspecified atom stereocenters. The monoisotopic (exact) mass is 394 g/mol. The SMILES string of the molecule is O=C(NCC1CN(C2CC2)CC1NC(=O)c1cc(C2CC2)on1)c1ccccc1. The van der Waals surface area contributed by atoms with Crippen LogP contribution in [0.1, 0.15) is 58.2 Å². The number of hydrogen-bond donors (Lipinski definition) is 2. The van der Waals surface area contributed by atoms with Crippen molar-refractivity contribution in [2.45, 2.75) is 43.7 Å². The first-order valence-corrected chi connectivity index (χ1v) is 10.5. The lowest BCUT2D eigenvalue weighted by atomic mass is 10.0. The first-order valence-electron chi connectivity index (χ1n) is 10.5. The van der Waals surface area contributed by atoms with Crippen LogP contribution in [0.3, 0.4) is 0 Å². The van der Waals surface area contributed by atoms with Crippen molar-refractivity contribution in [3.05, 3.63) is 53.4 Å². The molecule has 1 aromatic carbocycles. The average Bonchev–Trinajstić information content (AvgIpc) is 3.68. The predicted octanol–water partition coefficient (Wildman–Crippen LogP) is 2.17. The molecule has 2 saturated carbocycles. The number of benzene rings is 1. The van der Waals surface area contributed by atoms with Crippen LogP contribution in [-0.4, -0.2) is 53.6 Å². The normalized spacial score (nSPS) is 24.4. The molecule has 2 N–H and O–H groups in total. The summed E-state index contributed by atoms with van der Waals surface area (Å²) < 4.78 is 5.32. The molecule has 2 heterocycles. The van der Waals surface area contributed by atoms with Gasteiger partial charge in [0.15, 0.2) is 5.69 Å². The van der Waals surface area contributed by atoms with Gasteiger partial charge in [0, 0.05) is 55.2 Å². The Kier molecular flexibility index (Phi) is 4.83. The molecule has 0 radical (unpaired) electrons. The van der Waals surface area contributed by atoms with Gasteiger partial charge in [0.2, 0.25) is 0 Å². The highest BCUT2D eigenvalue weighted by atomic mass is 16.5. The standard InChI is InChI=1S/C22H26N4O3/c27-21(15-4-2-1-3-5-15)23-11-16-12-26(17-8-9-17)13-19(16)24-22(28)18-10-20(29-25-18)14-6-7-14/h1-5,10,14,16-17,19H,6-9,11-13H2,(H,23,27)(H,24,28). The topological polar surface area (TPSA) is 87.5 Å². The Balaban J connectivity index is 1.22. The predicted molar refractivity (Wildman–Crippen MR) is 107 cm³/mol. The Bertz CT molecular complexity index is 888. The summed E-state index contributed by atoms with van der Waals surface area (Å²) in [6, 6.07) is 11.6. The Morgan fingerprint density at radius 3 is 2.59 bits per heavy atom. The van der Waals surface area contributed by atoms with Crippen molar-refractivity contribution in [1.29, 1.82) is 0 Å². The van der Waals surface area contributed by atoms with E-state index in [0.29, 0.717) is 29.8 Å². The third kappa shape index (κ3) is 4.19. The smallest absolute Gasteiger partial charge is 0.273 e. The van der Waals surface area contributed by atoms with Crippen molar-refractivity contribution in [3.8, 4) is 0 Å². The zero-order valence-corrected chi connectivity index (χ0v) is 16.3. The molecule has 0 spiro atoms. The molecule has 2 aromatic rings. The molecule has 2 atom stereocenters. The lowest BCUT2D eigenvalue weighted by Gasteiger charge is -2.19. The van der Waals surface area contributed by atoms with Crippen LogP contribution in [0.25, 0.3) is 0 Å². The maximum absolute atomic E-state index is 12.7. The van der Waals surface area contributed by atoms with Crippen LogP contribution < -0.4 is 10.6 Å². The molecule has 2 amide bonds. The zero-order valence-electron chi connectivity index (χ0n) is 16.3. The fourth-order valence-electron chi connectivity index (χ4n) is 4.13. The van der Waals surface area contributed by atoms with Crippen LogP contribution >= 0.6 is 0 Å². The van der Waals surface area contributed by atoms with E-state index in [9.17, 15) is 9.59 Å². The molecule has 5 rings (SSSR count). The van der Waals surface area contributed by atoms with Crippen LogP contribution in [0, 0.1) is 5.92 Å². The van der Waals surface area contributed by atoms with E-state index in [0.717, 1.165) is 31.7 Å². The van der Waals surface area contributed by atoms with E-state index < -0.39 is 0 Å². The maximum Gasteiger partial charge on any atom is 0.273 e. The second-order valence-electron chi connectivity index (χ2n) is 8.49. The van der Waals surface area contributed by atoms with E-state index in [1.54, 1.807) is 6.07 Å². The van der Waals surface area contributed by atoms with E-state index in [1.807, 2.05) is 30.3 Å². The summed E-state index contributed by atoms with van der Waals surface area (Å²) in [5.74, 6) is 1.14. The van der Waals surface area contributed by atoms with E-state index in [1.165, 1.54) is 12.8 Å². The van der Waals surface area contributed by atoms with Crippen LogP contribution in [0.15, 0.2) is 40.9 Å². The Morgan fingerprint density at radius 2 is 1.86 bits per heavy atom. The summed E-state index contributed by atoms with van der Waals surface area (Å²) >= 11 is 0. The van der Waals surface area contributed by atoms with E-state index in [-0.39, 0.29) is 23.8 Å². The van der Waals surface area contributed by atoms with Gasteiger partial charge in [0.05, 0.1) is 0 Å². The zero-order chi connectivity index (χ0) is 19.8. The average molecular weight is 394 g/mol. The molecular formula is C22H26N4O3. The summed E-state index contributed by atoms with van der Waals surface area (Å²) in [7, 11) is 0. The molecule has 29 heavy (non-hydrogen) atoms. The molecule has 7 heteroatoms. The molecule has 1 aromatic heterocycles. The summed E-state index contributed by atoms with van der Waals surface area (Å²) in [6.45, 7) is 2.24. The minimum atomic E-state index is -0.192. The molecule has 1 aliphatic heterocycles. The minimum absolute atomic E-state index is 0.0137. The van der Waals surface area contributed by atoms with E-state index >= 15 is 0 Å². The first-order chi connectivity index (χ1) is 14.2. The molecule has 0 bridgehead atoms. The fourth-order valence-corrected chi connectivity index (χ4v) is 4.13. The van der Waals surface area contributed by atoms with Gasteiger partial charge >= 0.3 is 0 Å². The second-order valence-corrected chi connectivity index (χ2v) is 8.49. The molecule has 1 saturated heterocycles. The van der Waals surface area contributed by atoms with Gasteiger partial charge in [-0.3, -0.25) is 14.5 Å². The highest BCUT2D eigenvalue weighted by Gasteiger charge is 2.41. The van der Waals surface area contributed by atoms with Crippen LogP contribution in [0.2, 0.25) is 0 Å². The number of carbonyl (C=O) groups excluding carboxylic acids is 2. The third-order valence-corrected chi connectivity index (χ3v) is 6.15. The number of likely N-dealkylation sites (tertiary alicyclic amines) is 1. The second kappa shape index (κ2) is 7.63. The lowest BCUT2D eigenvalue weighted by Crippen LogP contribution is -2.44. The lowest BCUT2D eigenvalue weighted by molar-refractivity contribution is 0.0918. The third-order valence-electron chi connectivity index (χ3n) is 6.15. The van der Waals surface area contributed by atoms with Crippen LogP contribution in [0.5, 0.6) is 0 Å². The first kappa shape index (κ1) is 18.4. The molecule has 7 nitrogen and oxygen atoms in total. The van der Waals surface area contributed by atoms with E-state index in [2.05, 4.69) is 20.7 Å². The molecule has 2 aliphatic carbocycles. The number of nitrogens with one attached hydrogen (secondary N) is 2. The summed E-state index contributed by atoms with van der Waals surface area (Å²) in [5.41, 5.74) is 1.00. The Hall–Kier alpha value is -2.67. The molecule has 152 valence electrons. The summed E-state index contributed by atoms with van der Waals surface area (Å²) in [5, 5.41) is 10.1. The molecular weight excluding hydrogens is 368 g/mol. The van der Waals surface area contributed by atoms with Gasteiger partial charge in [-0.2, -0.15) is 0 Å². The van der Waals surface area contributed by atoms with Gasteiger partial charge < -0.3 is 15.2 Å². The van der Waals surface area contributed by atoms with Crippen molar-refractivity contribution in [3.63, 3.8) is 0 Å². The number of nitrogens with zero attached hydrogens (tertiary/aromatic N) is 2. The van der Waals surface area contributed by atoms with Crippen molar-refractivity contribution in [1.82, 2.24) is 20.7 Å². The molecule has 3 fully saturated rings. The highest BCUT2D eigenvalue weighted by Crippen LogP contribution is 2.40. The summed E-state index contributed by atoms with van der Waals surface area (Å²) in [6.07, 6.45) is 4.66. The minimum Gasteiger partial charge on any atom is -0.360 e. The highest BCUT2D eigenvalue weighted by molar-refractivity contribution is 5.94. The van der Waals surface area contributed by atoms with Crippen LogP contribution in [-0.2, 0) is 0 Å². The van der Waals surface area contributed by atoms with Crippen LogP contribution in [0.4, 0.5) is 0 Å². The number of hydrogen-bond acceptors (Lipinski definition) is 5. The number of carbonyl (C=O) groups is 2. The van der Waals surface area contributed by atoms with Crippen molar-refractivity contribution >= 4 is 11.8 Å². The largest absolute Gasteiger partial charge is 0.360 e. The van der Waals surface area contributed by atoms with Gasteiger partial charge in [-0.1, -0.05) is 23.4 Å². The molecule has 3 aliphatic rings. The number of amides is 2. The Morgan fingerprint density at radius 1 is 1.07 bits per heavy atom. The van der Waals surface area contributed by atoms with Gasteiger partial charge in [-0.05, 0) is 37.8 Å². The van der Waals surface area contributed by atoms with Crippen molar-refractivity contribution in [2.75, 3.05) is 19.6 Å². The van der Waals surface area contributed by atoms with Gasteiger partial charge in [-0.25, -0.2) is 0 Å². The van der Waals surface area contributed by atoms with Crippen molar-refractivity contribution in [2.24, 2.45) is 5.92 Å². The van der Waals surface area contributed by atoms with Gasteiger partial charge in [0.1, 0.15) is 5.76 Å². The fraction of sp³-hybridized carbons (Fsp3) is 0.500. The number of aromatic nitrogens is 1. The quantitative estimate of drug-likeness (QED) is 0.752. The van der Waals surface area contributed by atoms with Gasteiger partial charge in [-0.15, -0.1) is 0 Å².